The van der Waals surface area contributed by atoms with Crippen molar-refractivity contribution in [3.63, 3.8) is 0 Å². The van der Waals surface area contributed by atoms with Crippen LogP contribution in [0.2, 0.25) is 5.02 Å². The van der Waals surface area contributed by atoms with Crippen molar-refractivity contribution < 1.29 is 27.8 Å². The molecule has 0 unspecified atom stereocenters. The average molecular weight is 671 g/mol. The zero-order valence-electron chi connectivity index (χ0n) is 25.8. The van der Waals surface area contributed by atoms with Gasteiger partial charge in [-0.2, -0.15) is 0 Å². The molecular weight excluding hydrogens is 634 g/mol. The highest BCUT2D eigenvalue weighted by atomic mass is 35.5. The SMILES string of the molecule is CNCCOCCOC(=O)N(C)C1CCC(N(Cc2cccc(-c3ccncc3)c2)C(=O)c2sc3c(F)ccc(F)c3c2Cl)CC1. The molecule has 1 aliphatic rings. The van der Waals surface area contributed by atoms with E-state index >= 15 is 0 Å². The van der Waals surface area contributed by atoms with E-state index in [4.69, 9.17) is 21.1 Å². The van der Waals surface area contributed by atoms with Crippen molar-refractivity contribution >= 4 is 45.0 Å². The number of thiophene rings is 1. The number of carbonyl (C=O) groups excluding carboxylic acids is 2. The maximum Gasteiger partial charge on any atom is 0.409 e. The highest BCUT2D eigenvalue weighted by Gasteiger charge is 2.34. The maximum atomic E-state index is 14.7. The van der Waals surface area contributed by atoms with E-state index in [1.807, 2.05) is 43.4 Å². The molecule has 5 rings (SSSR count). The third-order valence-electron chi connectivity index (χ3n) is 8.32. The Hall–Kier alpha value is -3.64. The summed E-state index contributed by atoms with van der Waals surface area (Å²) >= 11 is 7.45. The van der Waals surface area contributed by atoms with E-state index < -0.39 is 17.7 Å². The van der Waals surface area contributed by atoms with Gasteiger partial charge in [-0.15, -0.1) is 11.3 Å². The third-order valence-corrected chi connectivity index (χ3v) is 10.00. The summed E-state index contributed by atoms with van der Waals surface area (Å²) in [5.74, 6) is -1.68. The number of hydrogen-bond donors (Lipinski definition) is 1. The molecule has 0 bridgehead atoms. The van der Waals surface area contributed by atoms with Crippen molar-refractivity contribution in [1.29, 1.82) is 0 Å². The highest BCUT2D eigenvalue weighted by molar-refractivity contribution is 7.21. The first-order valence-corrected chi connectivity index (χ1v) is 16.5. The quantitative estimate of drug-likeness (QED) is 0.161. The second-order valence-corrected chi connectivity index (χ2v) is 12.6. The number of rotatable bonds is 12. The summed E-state index contributed by atoms with van der Waals surface area (Å²) in [6.07, 6.45) is 5.58. The van der Waals surface area contributed by atoms with E-state index in [0.29, 0.717) is 38.9 Å². The fourth-order valence-electron chi connectivity index (χ4n) is 5.80. The summed E-state index contributed by atoms with van der Waals surface area (Å²) in [6, 6.07) is 13.6. The lowest BCUT2D eigenvalue weighted by atomic mass is 9.89. The molecular formula is C34H37ClF2N4O4S. The van der Waals surface area contributed by atoms with Crippen molar-refractivity contribution in [2.24, 2.45) is 0 Å². The van der Waals surface area contributed by atoms with Gasteiger partial charge in [-0.25, -0.2) is 13.6 Å². The summed E-state index contributed by atoms with van der Waals surface area (Å²) in [4.78, 5) is 34.5. The Morgan fingerprint density at radius 2 is 1.70 bits per heavy atom. The summed E-state index contributed by atoms with van der Waals surface area (Å²) in [5, 5.41) is 2.83. The van der Waals surface area contributed by atoms with Gasteiger partial charge in [-0.1, -0.05) is 29.8 Å². The lowest BCUT2D eigenvalue weighted by Crippen LogP contribution is -2.46. The number of benzene rings is 2. The number of fused-ring (bicyclic) bond motifs is 1. The Kier molecular flexibility index (Phi) is 11.6. The number of pyridine rings is 1. The zero-order chi connectivity index (χ0) is 32.6. The molecule has 2 heterocycles. The molecule has 1 N–H and O–H groups in total. The first kappa shape index (κ1) is 33.7. The van der Waals surface area contributed by atoms with Crippen LogP contribution in [0.4, 0.5) is 13.6 Å². The van der Waals surface area contributed by atoms with Crippen molar-refractivity contribution in [2.75, 3.05) is 40.5 Å². The van der Waals surface area contributed by atoms with Gasteiger partial charge < -0.3 is 24.6 Å². The number of halogens is 3. The maximum absolute atomic E-state index is 14.7. The van der Waals surface area contributed by atoms with Crippen molar-refractivity contribution in [1.82, 2.24) is 20.1 Å². The Labute approximate surface area is 276 Å². The molecule has 1 saturated carbocycles. The molecule has 0 atom stereocenters. The monoisotopic (exact) mass is 670 g/mol. The average Bonchev–Trinajstić information content (AvgIpc) is 3.45. The smallest absolute Gasteiger partial charge is 0.409 e. The normalized spacial score (nSPS) is 16.4. The van der Waals surface area contributed by atoms with Crippen LogP contribution >= 0.6 is 22.9 Å². The molecule has 0 saturated heterocycles. The van der Waals surface area contributed by atoms with Crippen LogP contribution in [-0.2, 0) is 16.0 Å². The molecule has 12 heteroatoms. The molecule has 1 aliphatic carbocycles. The minimum absolute atomic E-state index is 0.0178. The number of amides is 2. The first-order chi connectivity index (χ1) is 22.3. The van der Waals surface area contributed by atoms with E-state index in [1.54, 1.807) is 29.2 Å². The molecule has 8 nitrogen and oxygen atoms in total. The third kappa shape index (κ3) is 7.83. The lowest BCUT2D eigenvalue weighted by molar-refractivity contribution is 0.0413. The van der Waals surface area contributed by atoms with Crippen LogP contribution in [0.5, 0.6) is 0 Å². The Balaban J connectivity index is 1.34. The Morgan fingerprint density at radius 1 is 0.978 bits per heavy atom. The number of ether oxygens (including phenoxy) is 2. The fraction of sp³-hybridized carbons (Fsp3) is 0.382. The first-order valence-electron chi connectivity index (χ1n) is 15.3. The number of aromatic nitrogens is 1. The van der Waals surface area contributed by atoms with E-state index in [2.05, 4.69) is 10.3 Å². The predicted molar refractivity (Wildman–Crippen MR) is 176 cm³/mol. The second-order valence-electron chi connectivity index (χ2n) is 11.3. The number of likely N-dealkylation sites (N-methyl/N-ethyl adjacent to an activating group) is 1. The molecule has 0 spiro atoms. The van der Waals surface area contributed by atoms with Crippen LogP contribution in [0.3, 0.4) is 0 Å². The number of nitrogens with one attached hydrogen (secondary N) is 1. The van der Waals surface area contributed by atoms with Crippen LogP contribution in [0, 0.1) is 11.6 Å². The van der Waals surface area contributed by atoms with Crippen LogP contribution in [-0.4, -0.2) is 79.3 Å². The van der Waals surface area contributed by atoms with Gasteiger partial charge in [0.2, 0.25) is 0 Å². The van der Waals surface area contributed by atoms with E-state index in [1.165, 1.54) is 0 Å². The molecule has 2 aromatic heterocycles. The number of carbonyl (C=O) groups is 2. The summed E-state index contributed by atoms with van der Waals surface area (Å²) in [5.41, 5.74) is 2.87. The van der Waals surface area contributed by atoms with Gasteiger partial charge in [0.1, 0.15) is 23.1 Å². The fourth-order valence-corrected chi connectivity index (χ4v) is 7.30. The van der Waals surface area contributed by atoms with Crippen LogP contribution in [0.1, 0.15) is 40.9 Å². The van der Waals surface area contributed by atoms with Crippen molar-refractivity contribution in [2.45, 2.75) is 44.3 Å². The molecule has 0 aliphatic heterocycles. The number of nitrogens with zero attached hydrogens (tertiary/aromatic N) is 3. The van der Waals surface area contributed by atoms with E-state index in [9.17, 15) is 18.4 Å². The molecule has 2 amide bonds. The number of hydrogen-bond acceptors (Lipinski definition) is 7. The van der Waals surface area contributed by atoms with Crippen molar-refractivity contribution in [3.05, 3.63) is 88.0 Å². The van der Waals surface area contributed by atoms with Crippen LogP contribution in [0.15, 0.2) is 60.9 Å². The highest BCUT2D eigenvalue weighted by Crippen LogP contribution is 2.40. The minimum atomic E-state index is -0.673. The zero-order valence-corrected chi connectivity index (χ0v) is 27.4. The van der Waals surface area contributed by atoms with Crippen LogP contribution < -0.4 is 5.32 Å². The topological polar surface area (TPSA) is 84.0 Å². The van der Waals surface area contributed by atoms with Gasteiger partial charge in [0.25, 0.3) is 5.91 Å². The largest absolute Gasteiger partial charge is 0.447 e. The predicted octanol–water partition coefficient (Wildman–Crippen LogP) is 7.15. The summed E-state index contributed by atoms with van der Waals surface area (Å²) < 4.78 is 40.2. The van der Waals surface area contributed by atoms with Gasteiger partial charge in [0.15, 0.2) is 0 Å². The Morgan fingerprint density at radius 3 is 2.41 bits per heavy atom. The van der Waals surface area contributed by atoms with Crippen LogP contribution in [0.25, 0.3) is 21.2 Å². The van der Waals surface area contributed by atoms with E-state index in [0.717, 1.165) is 46.7 Å². The van der Waals surface area contributed by atoms with E-state index in [-0.39, 0.29) is 51.1 Å². The van der Waals surface area contributed by atoms with Gasteiger partial charge in [0.05, 0.1) is 28.3 Å². The molecule has 244 valence electrons. The second kappa shape index (κ2) is 15.8. The van der Waals surface area contributed by atoms with Gasteiger partial charge in [-0.3, -0.25) is 9.78 Å². The van der Waals surface area contributed by atoms with Gasteiger partial charge in [0, 0.05) is 44.6 Å². The Bertz CT molecular complexity index is 1650. The van der Waals surface area contributed by atoms with Gasteiger partial charge in [-0.05, 0) is 79.8 Å². The molecule has 4 aromatic rings. The summed E-state index contributed by atoms with van der Waals surface area (Å²) in [6.45, 7) is 2.01. The molecule has 1 fully saturated rings. The van der Waals surface area contributed by atoms with Gasteiger partial charge >= 0.3 is 6.09 Å². The lowest BCUT2D eigenvalue weighted by Gasteiger charge is -2.39. The summed E-state index contributed by atoms with van der Waals surface area (Å²) in [7, 11) is 3.56. The van der Waals surface area contributed by atoms with Crippen molar-refractivity contribution in [3.8, 4) is 11.1 Å². The minimum Gasteiger partial charge on any atom is -0.447 e. The standard InChI is InChI=1S/C34H37ClF2N4O4S/c1-38-16-17-44-18-19-45-34(43)40(2)25-6-8-26(9-7-25)41(21-22-4-3-5-24(20-22)23-12-14-39-15-13-23)33(42)32-30(35)29-27(36)10-11-28(37)31(29)46-32/h3-5,10-15,20,25-26,38H,6-9,16-19,21H2,1-2H3. The molecule has 0 radical (unpaired) electrons. The molecule has 2 aromatic carbocycles. The molecule has 46 heavy (non-hydrogen) atoms.